The van der Waals surface area contributed by atoms with Gasteiger partial charge in [-0.2, -0.15) is 5.10 Å². The minimum absolute atomic E-state index is 0.0141. The molecule has 1 fully saturated rings. The number of para-hydroxylation sites is 1. The van der Waals surface area contributed by atoms with Crippen LogP contribution in [0.5, 0.6) is 0 Å². The monoisotopic (exact) mass is 231 g/mol. The molecule has 2 aromatic rings. The van der Waals surface area contributed by atoms with Crippen LogP contribution in [0, 0.1) is 5.92 Å². The van der Waals surface area contributed by atoms with Crippen LogP contribution in [-0.4, -0.2) is 29.3 Å². The molecule has 0 radical (unpaired) electrons. The highest BCUT2D eigenvalue weighted by Gasteiger charge is 2.24. The molecule has 0 saturated carbocycles. The van der Waals surface area contributed by atoms with Crippen LogP contribution in [0.1, 0.15) is 6.42 Å². The molecule has 1 aliphatic heterocycles. The smallest absolute Gasteiger partial charge is 0.231 e. The maximum absolute atomic E-state index is 11.9. The number of aromatic amines is 1. The molecule has 0 spiro atoms. The summed E-state index contributed by atoms with van der Waals surface area (Å²) in [5.74, 6) is 0.530. The number of rotatable bonds is 2. The zero-order valence-corrected chi connectivity index (χ0v) is 9.27. The summed E-state index contributed by atoms with van der Waals surface area (Å²) < 4.78 is 5.20. The quantitative estimate of drug-likeness (QED) is 0.823. The van der Waals surface area contributed by atoms with Crippen molar-refractivity contribution in [2.45, 2.75) is 6.42 Å². The summed E-state index contributed by atoms with van der Waals surface area (Å²) in [4.78, 5) is 11.9. The average molecular weight is 231 g/mol. The van der Waals surface area contributed by atoms with Gasteiger partial charge in [-0.3, -0.25) is 9.89 Å². The first-order valence-electron chi connectivity index (χ1n) is 5.66. The van der Waals surface area contributed by atoms with Gasteiger partial charge in [0.1, 0.15) is 0 Å². The Bertz CT molecular complexity index is 543. The molecule has 0 bridgehead atoms. The van der Waals surface area contributed by atoms with E-state index in [9.17, 15) is 4.79 Å². The maximum atomic E-state index is 11.9. The number of nitrogens with zero attached hydrogens (tertiary/aromatic N) is 1. The van der Waals surface area contributed by atoms with E-state index in [0.29, 0.717) is 19.0 Å². The number of ether oxygens (including phenoxy) is 1. The first-order valence-corrected chi connectivity index (χ1v) is 5.66. The van der Waals surface area contributed by atoms with Crippen molar-refractivity contribution in [2.75, 3.05) is 18.5 Å². The number of carbonyl (C=O) groups is 1. The molecule has 1 aliphatic rings. The number of benzene rings is 1. The zero-order chi connectivity index (χ0) is 11.7. The van der Waals surface area contributed by atoms with Gasteiger partial charge >= 0.3 is 0 Å². The highest BCUT2D eigenvalue weighted by molar-refractivity contribution is 6.00. The maximum Gasteiger partial charge on any atom is 0.231 e. The highest BCUT2D eigenvalue weighted by Crippen LogP contribution is 2.21. The number of hydrogen-bond acceptors (Lipinski definition) is 3. The van der Waals surface area contributed by atoms with Crippen molar-refractivity contribution in [3.63, 3.8) is 0 Å². The Morgan fingerprint density at radius 1 is 1.47 bits per heavy atom. The third-order valence-electron chi connectivity index (χ3n) is 3.01. The SMILES string of the molecule is O=C(Nc1n[nH]c2ccccc12)C1CCOC1. The average Bonchev–Trinajstić information content (AvgIpc) is 2.98. The Balaban J connectivity index is 1.82. The van der Waals surface area contributed by atoms with Crippen LogP contribution in [0.15, 0.2) is 24.3 Å². The van der Waals surface area contributed by atoms with Crippen LogP contribution in [0.3, 0.4) is 0 Å². The van der Waals surface area contributed by atoms with E-state index in [4.69, 9.17) is 4.74 Å². The molecule has 88 valence electrons. The van der Waals surface area contributed by atoms with Gasteiger partial charge in [0.15, 0.2) is 5.82 Å². The van der Waals surface area contributed by atoms with Crippen molar-refractivity contribution in [3.8, 4) is 0 Å². The van der Waals surface area contributed by atoms with E-state index in [-0.39, 0.29) is 11.8 Å². The third-order valence-corrected chi connectivity index (χ3v) is 3.01. The first-order chi connectivity index (χ1) is 8.34. The second-order valence-electron chi connectivity index (χ2n) is 4.17. The lowest BCUT2D eigenvalue weighted by Gasteiger charge is -2.06. The molecular weight excluding hydrogens is 218 g/mol. The van der Waals surface area contributed by atoms with Crippen LogP contribution in [0.4, 0.5) is 5.82 Å². The van der Waals surface area contributed by atoms with Crippen molar-refractivity contribution in [1.29, 1.82) is 0 Å². The fraction of sp³-hybridized carbons (Fsp3) is 0.333. The second kappa shape index (κ2) is 4.18. The lowest BCUT2D eigenvalue weighted by Crippen LogP contribution is -2.23. The van der Waals surface area contributed by atoms with Crippen molar-refractivity contribution < 1.29 is 9.53 Å². The Hall–Kier alpha value is -1.88. The van der Waals surface area contributed by atoms with Gasteiger partial charge in [0, 0.05) is 12.0 Å². The van der Waals surface area contributed by atoms with E-state index >= 15 is 0 Å². The largest absolute Gasteiger partial charge is 0.381 e. The van der Waals surface area contributed by atoms with Crippen LogP contribution in [0.25, 0.3) is 10.9 Å². The molecule has 1 amide bonds. The van der Waals surface area contributed by atoms with Crippen molar-refractivity contribution in [2.24, 2.45) is 5.92 Å². The highest BCUT2D eigenvalue weighted by atomic mass is 16.5. The third kappa shape index (κ3) is 1.89. The predicted molar refractivity (Wildman–Crippen MR) is 63.6 cm³/mol. The number of anilines is 1. The fourth-order valence-electron chi connectivity index (χ4n) is 2.02. The lowest BCUT2D eigenvalue weighted by molar-refractivity contribution is -0.119. The number of nitrogens with one attached hydrogen (secondary N) is 2. The van der Waals surface area contributed by atoms with Crippen LogP contribution >= 0.6 is 0 Å². The topological polar surface area (TPSA) is 67.0 Å². The summed E-state index contributed by atoms with van der Waals surface area (Å²) in [5.41, 5.74) is 0.922. The summed E-state index contributed by atoms with van der Waals surface area (Å²) in [6.45, 7) is 1.17. The Labute approximate surface area is 98.2 Å². The lowest BCUT2D eigenvalue weighted by atomic mass is 10.1. The van der Waals surface area contributed by atoms with Crippen LogP contribution < -0.4 is 5.32 Å². The Kier molecular flexibility index (Phi) is 2.53. The summed E-state index contributed by atoms with van der Waals surface area (Å²) in [5, 5.41) is 10.8. The van der Waals surface area contributed by atoms with Crippen molar-refractivity contribution in [3.05, 3.63) is 24.3 Å². The number of hydrogen-bond donors (Lipinski definition) is 2. The number of fused-ring (bicyclic) bond motifs is 1. The van der Waals surface area contributed by atoms with Gasteiger partial charge in [-0.15, -0.1) is 0 Å². The zero-order valence-electron chi connectivity index (χ0n) is 9.27. The predicted octanol–water partition coefficient (Wildman–Crippen LogP) is 1.54. The number of H-pyrrole nitrogens is 1. The minimum Gasteiger partial charge on any atom is -0.381 e. The van der Waals surface area contributed by atoms with Gasteiger partial charge in [-0.25, -0.2) is 0 Å². The molecule has 3 rings (SSSR count). The summed E-state index contributed by atoms with van der Waals surface area (Å²) >= 11 is 0. The van der Waals surface area contributed by atoms with Gasteiger partial charge < -0.3 is 10.1 Å². The molecule has 1 aromatic carbocycles. The molecule has 5 nitrogen and oxygen atoms in total. The van der Waals surface area contributed by atoms with Crippen LogP contribution in [-0.2, 0) is 9.53 Å². The summed E-state index contributed by atoms with van der Waals surface area (Å²) in [6, 6.07) is 7.71. The normalized spacial score (nSPS) is 19.6. The fourth-order valence-corrected chi connectivity index (χ4v) is 2.02. The van der Waals surface area contributed by atoms with E-state index in [1.807, 2.05) is 24.3 Å². The van der Waals surface area contributed by atoms with Gasteiger partial charge in [0.05, 0.1) is 18.0 Å². The molecule has 2 N–H and O–H groups in total. The number of carbonyl (C=O) groups excluding carboxylic acids is 1. The molecule has 17 heavy (non-hydrogen) atoms. The molecule has 2 heterocycles. The summed E-state index contributed by atoms with van der Waals surface area (Å²) in [7, 11) is 0. The molecule has 1 atom stereocenters. The van der Waals surface area contributed by atoms with E-state index in [0.717, 1.165) is 17.3 Å². The Morgan fingerprint density at radius 3 is 3.18 bits per heavy atom. The number of amides is 1. The molecule has 5 heteroatoms. The Morgan fingerprint density at radius 2 is 2.35 bits per heavy atom. The van der Waals surface area contributed by atoms with Gasteiger partial charge in [-0.1, -0.05) is 12.1 Å². The van der Waals surface area contributed by atoms with E-state index in [1.165, 1.54) is 0 Å². The van der Waals surface area contributed by atoms with Crippen molar-refractivity contribution >= 4 is 22.6 Å². The number of aromatic nitrogens is 2. The molecule has 1 saturated heterocycles. The molecule has 0 aliphatic carbocycles. The van der Waals surface area contributed by atoms with E-state index in [2.05, 4.69) is 15.5 Å². The molecule has 1 aromatic heterocycles. The first kappa shape index (κ1) is 10.3. The van der Waals surface area contributed by atoms with E-state index in [1.54, 1.807) is 0 Å². The van der Waals surface area contributed by atoms with E-state index < -0.39 is 0 Å². The molecule has 1 unspecified atom stereocenters. The van der Waals surface area contributed by atoms with Gasteiger partial charge in [0.25, 0.3) is 0 Å². The molecular formula is C12H13N3O2. The van der Waals surface area contributed by atoms with Crippen molar-refractivity contribution in [1.82, 2.24) is 10.2 Å². The van der Waals surface area contributed by atoms with Gasteiger partial charge in [-0.05, 0) is 18.6 Å². The summed E-state index contributed by atoms with van der Waals surface area (Å²) in [6.07, 6.45) is 0.786. The van der Waals surface area contributed by atoms with Crippen LogP contribution in [0.2, 0.25) is 0 Å². The second-order valence-corrected chi connectivity index (χ2v) is 4.17. The minimum atomic E-state index is -0.0505. The standard InChI is InChI=1S/C12H13N3O2/c16-12(8-5-6-17-7-8)13-11-9-3-1-2-4-10(9)14-15-11/h1-4,8H,5-7H2,(H2,13,14,15,16). The van der Waals surface area contributed by atoms with Gasteiger partial charge in [0.2, 0.25) is 5.91 Å².